The Morgan fingerprint density at radius 3 is 2.58 bits per heavy atom. The van der Waals surface area contributed by atoms with Gasteiger partial charge in [-0.05, 0) is 54.6 Å². The highest BCUT2D eigenvalue weighted by Crippen LogP contribution is 2.24. The lowest BCUT2D eigenvalue weighted by Gasteiger charge is -2.35. The first-order valence-corrected chi connectivity index (χ1v) is 7.70. The van der Waals surface area contributed by atoms with Crippen molar-refractivity contribution in [2.45, 2.75) is 44.7 Å². The summed E-state index contributed by atoms with van der Waals surface area (Å²) in [6.07, 6.45) is 5.99. The quantitative estimate of drug-likeness (QED) is 0.927. The molecule has 0 spiro atoms. The van der Waals surface area contributed by atoms with Crippen molar-refractivity contribution in [2.75, 3.05) is 6.54 Å². The molecular formula is C14H22BrN3O. The van der Waals surface area contributed by atoms with Crippen LogP contribution in [0, 0.1) is 0 Å². The standard InChI is InChI=1S/C14H22BrN3O/c1-3-18(12-6-4-11(16)5-7-12)14(19)13-8-10(15)9-17(13)2/h8-9,11-12H,3-7,16H2,1-2H3. The Labute approximate surface area is 123 Å². The minimum absolute atomic E-state index is 0.121. The first kappa shape index (κ1) is 14.6. The van der Waals surface area contributed by atoms with Crippen LogP contribution in [0.25, 0.3) is 0 Å². The van der Waals surface area contributed by atoms with Crippen molar-refractivity contribution in [1.82, 2.24) is 9.47 Å². The molecule has 1 aliphatic carbocycles. The summed E-state index contributed by atoms with van der Waals surface area (Å²) in [6, 6.07) is 2.54. The van der Waals surface area contributed by atoms with E-state index in [4.69, 9.17) is 5.73 Å². The van der Waals surface area contributed by atoms with E-state index in [9.17, 15) is 4.79 Å². The number of aromatic nitrogens is 1. The minimum atomic E-state index is 0.121. The predicted octanol–water partition coefficient (Wildman–Crippen LogP) is 2.52. The van der Waals surface area contributed by atoms with Crippen LogP contribution in [0.1, 0.15) is 43.1 Å². The van der Waals surface area contributed by atoms with Crippen molar-refractivity contribution in [1.29, 1.82) is 0 Å². The van der Waals surface area contributed by atoms with E-state index in [0.717, 1.165) is 42.4 Å². The van der Waals surface area contributed by atoms with Crippen molar-refractivity contribution >= 4 is 21.8 Å². The molecular weight excluding hydrogens is 306 g/mol. The molecule has 4 nitrogen and oxygen atoms in total. The number of aryl methyl sites for hydroxylation is 1. The van der Waals surface area contributed by atoms with Gasteiger partial charge in [-0.25, -0.2) is 0 Å². The SMILES string of the molecule is CCN(C(=O)c1cc(Br)cn1C)C1CCC(N)CC1. The number of nitrogens with zero attached hydrogens (tertiary/aromatic N) is 2. The summed E-state index contributed by atoms with van der Waals surface area (Å²) in [4.78, 5) is 14.6. The molecule has 0 bridgehead atoms. The van der Waals surface area contributed by atoms with Gasteiger partial charge in [0.25, 0.3) is 5.91 Å². The third-order valence-electron chi connectivity index (χ3n) is 3.97. The largest absolute Gasteiger partial charge is 0.345 e. The van der Waals surface area contributed by atoms with E-state index in [2.05, 4.69) is 15.9 Å². The zero-order valence-corrected chi connectivity index (χ0v) is 13.2. The van der Waals surface area contributed by atoms with Gasteiger partial charge in [-0.1, -0.05) is 0 Å². The van der Waals surface area contributed by atoms with E-state index < -0.39 is 0 Å². The lowest BCUT2D eigenvalue weighted by atomic mass is 9.90. The van der Waals surface area contributed by atoms with E-state index in [1.165, 1.54) is 0 Å². The predicted molar refractivity (Wildman–Crippen MR) is 80.1 cm³/mol. The fraction of sp³-hybridized carbons (Fsp3) is 0.643. The Hall–Kier alpha value is -0.810. The number of amides is 1. The number of hydrogen-bond acceptors (Lipinski definition) is 2. The molecule has 0 atom stereocenters. The maximum atomic E-state index is 12.6. The van der Waals surface area contributed by atoms with Crippen LogP contribution in [0.4, 0.5) is 0 Å². The Kier molecular flexibility index (Phi) is 4.68. The van der Waals surface area contributed by atoms with Crippen LogP contribution in [-0.4, -0.2) is 34.0 Å². The maximum Gasteiger partial charge on any atom is 0.270 e. The van der Waals surface area contributed by atoms with E-state index >= 15 is 0 Å². The van der Waals surface area contributed by atoms with Crippen LogP contribution in [0.15, 0.2) is 16.7 Å². The monoisotopic (exact) mass is 327 g/mol. The van der Waals surface area contributed by atoms with Gasteiger partial charge in [-0.2, -0.15) is 0 Å². The third kappa shape index (κ3) is 3.20. The fourth-order valence-corrected chi connectivity index (χ4v) is 3.39. The zero-order valence-electron chi connectivity index (χ0n) is 11.6. The van der Waals surface area contributed by atoms with Gasteiger partial charge in [0.2, 0.25) is 0 Å². The highest BCUT2D eigenvalue weighted by Gasteiger charge is 2.28. The van der Waals surface area contributed by atoms with Gasteiger partial charge in [-0.15, -0.1) is 0 Å². The summed E-state index contributed by atoms with van der Waals surface area (Å²) >= 11 is 3.42. The van der Waals surface area contributed by atoms with Gasteiger partial charge >= 0.3 is 0 Å². The summed E-state index contributed by atoms with van der Waals surface area (Å²) in [5, 5.41) is 0. The molecule has 1 aliphatic rings. The van der Waals surface area contributed by atoms with Crippen LogP contribution in [0.3, 0.4) is 0 Å². The molecule has 2 N–H and O–H groups in total. The highest BCUT2D eigenvalue weighted by molar-refractivity contribution is 9.10. The van der Waals surface area contributed by atoms with Gasteiger partial charge in [0, 0.05) is 36.3 Å². The van der Waals surface area contributed by atoms with Crippen LogP contribution in [0.5, 0.6) is 0 Å². The molecule has 0 radical (unpaired) electrons. The van der Waals surface area contributed by atoms with E-state index in [1.807, 2.05) is 35.7 Å². The summed E-state index contributed by atoms with van der Waals surface area (Å²) in [5.41, 5.74) is 6.68. The van der Waals surface area contributed by atoms with Gasteiger partial charge in [0.1, 0.15) is 5.69 Å². The zero-order chi connectivity index (χ0) is 14.0. The van der Waals surface area contributed by atoms with Crippen LogP contribution in [-0.2, 0) is 7.05 Å². The molecule has 106 valence electrons. The smallest absolute Gasteiger partial charge is 0.270 e. The molecule has 2 rings (SSSR count). The van der Waals surface area contributed by atoms with Crippen molar-refractivity contribution in [3.63, 3.8) is 0 Å². The first-order valence-electron chi connectivity index (χ1n) is 6.91. The van der Waals surface area contributed by atoms with Gasteiger partial charge in [-0.3, -0.25) is 4.79 Å². The maximum absolute atomic E-state index is 12.6. The van der Waals surface area contributed by atoms with Crippen LogP contribution < -0.4 is 5.73 Å². The molecule has 5 heteroatoms. The molecule has 0 saturated heterocycles. The Morgan fingerprint density at radius 1 is 1.47 bits per heavy atom. The summed E-state index contributed by atoms with van der Waals surface area (Å²) in [6.45, 7) is 2.80. The average Bonchev–Trinajstić information content (AvgIpc) is 2.71. The molecule has 1 saturated carbocycles. The molecule has 0 aliphatic heterocycles. The molecule has 1 aromatic rings. The Bertz CT molecular complexity index is 450. The second kappa shape index (κ2) is 6.09. The van der Waals surface area contributed by atoms with Gasteiger partial charge in [0.15, 0.2) is 0 Å². The number of rotatable bonds is 3. The van der Waals surface area contributed by atoms with Crippen molar-refractivity contribution in [3.05, 3.63) is 22.4 Å². The van der Waals surface area contributed by atoms with E-state index in [0.29, 0.717) is 12.1 Å². The van der Waals surface area contributed by atoms with E-state index in [1.54, 1.807) is 0 Å². The normalized spacial score (nSPS) is 23.4. The van der Waals surface area contributed by atoms with Crippen LogP contribution in [0.2, 0.25) is 0 Å². The van der Waals surface area contributed by atoms with Gasteiger partial charge in [0.05, 0.1) is 0 Å². The molecule has 1 aromatic heterocycles. The second-order valence-corrected chi connectivity index (χ2v) is 6.23. The highest BCUT2D eigenvalue weighted by atomic mass is 79.9. The number of halogens is 1. The molecule has 19 heavy (non-hydrogen) atoms. The number of hydrogen-bond donors (Lipinski definition) is 1. The fourth-order valence-electron chi connectivity index (χ4n) is 2.86. The topological polar surface area (TPSA) is 51.3 Å². The molecule has 1 amide bonds. The number of carbonyl (C=O) groups is 1. The number of carbonyl (C=O) groups excluding carboxylic acids is 1. The summed E-state index contributed by atoms with van der Waals surface area (Å²) in [7, 11) is 1.91. The van der Waals surface area contributed by atoms with Crippen molar-refractivity contribution in [2.24, 2.45) is 12.8 Å². The average molecular weight is 328 g/mol. The molecule has 0 unspecified atom stereocenters. The lowest BCUT2D eigenvalue weighted by Crippen LogP contribution is -2.44. The minimum Gasteiger partial charge on any atom is -0.345 e. The lowest BCUT2D eigenvalue weighted by molar-refractivity contribution is 0.0631. The number of nitrogens with two attached hydrogens (primary N) is 1. The van der Waals surface area contributed by atoms with Crippen molar-refractivity contribution < 1.29 is 4.79 Å². The van der Waals surface area contributed by atoms with Crippen molar-refractivity contribution in [3.8, 4) is 0 Å². The summed E-state index contributed by atoms with van der Waals surface area (Å²) in [5.74, 6) is 0.121. The van der Waals surface area contributed by atoms with Crippen LogP contribution >= 0.6 is 15.9 Å². The Morgan fingerprint density at radius 2 is 2.11 bits per heavy atom. The second-order valence-electron chi connectivity index (χ2n) is 5.31. The van der Waals surface area contributed by atoms with E-state index in [-0.39, 0.29) is 5.91 Å². The third-order valence-corrected chi connectivity index (χ3v) is 4.41. The Balaban J connectivity index is 2.13. The van der Waals surface area contributed by atoms with Gasteiger partial charge < -0.3 is 15.2 Å². The first-order chi connectivity index (χ1) is 9.02. The molecule has 1 fully saturated rings. The molecule has 1 heterocycles. The summed E-state index contributed by atoms with van der Waals surface area (Å²) < 4.78 is 2.82. The molecule has 0 aromatic carbocycles.